The largest absolute Gasteiger partial charge is 0.508 e. The number of benzene rings is 1. The Hall–Kier alpha value is -0.930. The predicted octanol–water partition coefficient (Wildman–Crippen LogP) is 2.87. The van der Waals surface area contributed by atoms with Gasteiger partial charge in [0.05, 0.1) is 12.1 Å². The zero-order chi connectivity index (χ0) is 11.5. The van der Waals surface area contributed by atoms with E-state index in [-0.39, 0.29) is 11.8 Å². The molecule has 0 saturated carbocycles. The highest BCUT2D eigenvalue weighted by Gasteiger charge is 2.22. The Morgan fingerprint density at radius 1 is 1.44 bits per heavy atom. The van der Waals surface area contributed by atoms with Crippen LogP contribution in [-0.2, 0) is 0 Å². The number of phenolic OH excluding ortho intramolecular Hbond substituents is 1. The zero-order valence-electron chi connectivity index (χ0n) is 9.29. The van der Waals surface area contributed by atoms with Crippen LogP contribution in [0.5, 0.6) is 11.5 Å². The lowest BCUT2D eigenvalue weighted by molar-refractivity contribution is 0.382. The van der Waals surface area contributed by atoms with Crippen molar-refractivity contribution < 1.29 is 9.84 Å². The van der Waals surface area contributed by atoms with Crippen molar-refractivity contribution in [2.45, 2.75) is 25.3 Å². The third-order valence-electron chi connectivity index (χ3n) is 3.00. The summed E-state index contributed by atoms with van der Waals surface area (Å²) in [6.45, 7) is 0.970. The van der Waals surface area contributed by atoms with Gasteiger partial charge in [-0.15, -0.1) is 0 Å². The second-order valence-electron chi connectivity index (χ2n) is 4.02. The van der Waals surface area contributed by atoms with Crippen molar-refractivity contribution >= 4 is 11.6 Å². The normalized spacial score (nSPS) is 20.8. The fourth-order valence-corrected chi connectivity index (χ4v) is 2.52. The van der Waals surface area contributed by atoms with E-state index in [1.807, 2.05) is 0 Å². The summed E-state index contributed by atoms with van der Waals surface area (Å²) in [6.07, 6.45) is 3.34. The third-order valence-corrected chi connectivity index (χ3v) is 3.39. The molecule has 1 aliphatic heterocycles. The summed E-state index contributed by atoms with van der Waals surface area (Å²) in [5.41, 5.74) is 0.765. The Bertz CT molecular complexity index is 376. The molecule has 0 radical (unpaired) electrons. The topological polar surface area (TPSA) is 41.5 Å². The van der Waals surface area contributed by atoms with Crippen molar-refractivity contribution in [3.05, 3.63) is 22.7 Å². The van der Waals surface area contributed by atoms with Crippen molar-refractivity contribution in [3.8, 4) is 11.5 Å². The van der Waals surface area contributed by atoms with E-state index < -0.39 is 0 Å². The SMILES string of the molecule is COc1ccc(O)c(C2CCCCN2)c1Cl. The van der Waals surface area contributed by atoms with E-state index in [9.17, 15) is 5.11 Å². The number of phenols is 1. The van der Waals surface area contributed by atoms with E-state index in [1.165, 1.54) is 6.42 Å². The quantitative estimate of drug-likeness (QED) is 0.837. The number of ether oxygens (including phenoxy) is 1. The molecule has 1 unspecified atom stereocenters. The standard InChI is InChI=1S/C12H16ClNO2/c1-16-10-6-5-9(15)11(12(10)13)8-4-2-3-7-14-8/h5-6,8,14-15H,2-4,7H2,1H3. The molecule has 1 fully saturated rings. The van der Waals surface area contributed by atoms with Crippen molar-refractivity contribution in [2.24, 2.45) is 0 Å². The minimum Gasteiger partial charge on any atom is -0.508 e. The summed E-state index contributed by atoms with van der Waals surface area (Å²) in [5.74, 6) is 0.854. The average molecular weight is 242 g/mol. The Morgan fingerprint density at radius 2 is 2.25 bits per heavy atom. The molecule has 1 aliphatic rings. The van der Waals surface area contributed by atoms with Gasteiger partial charge < -0.3 is 15.2 Å². The van der Waals surface area contributed by atoms with Gasteiger partial charge in [-0.2, -0.15) is 0 Å². The van der Waals surface area contributed by atoms with Gasteiger partial charge in [0.1, 0.15) is 11.5 Å². The maximum absolute atomic E-state index is 9.88. The van der Waals surface area contributed by atoms with E-state index in [4.69, 9.17) is 16.3 Å². The molecule has 1 aromatic rings. The van der Waals surface area contributed by atoms with Gasteiger partial charge in [-0.3, -0.25) is 0 Å². The lowest BCUT2D eigenvalue weighted by atomic mass is 9.96. The number of hydrogen-bond donors (Lipinski definition) is 2. The molecule has 1 atom stereocenters. The fraction of sp³-hybridized carbons (Fsp3) is 0.500. The molecule has 0 aliphatic carbocycles. The lowest BCUT2D eigenvalue weighted by Crippen LogP contribution is -2.27. The van der Waals surface area contributed by atoms with Crippen molar-refractivity contribution in [1.29, 1.82) is 0 Å². The monoisotopic (exact) mass is 241 g/mol. The van der Waals surface area contributed by atoms with Gasteiger partial charge in [0.25, 0.3) is 0 Å². The summed E-state index contributed by atoms with van der Waals surface area (Å²) in [4.78, 5) is 0. The van der Waals surface area contributed by atoms with Crippen LogP contribution in [0.15, 0.2) is 12.1 Å². The molecule has 3 nitrogen and oxygen atoms in total. The van der Waals surface area contributed by atoms with Crippen LogP contribution in [0.3, 0.4) is 0 Å². The molecule has 1 saturated heterocycles. The van der Waals surface area contributed by atoms with Crippen LogP contribution in [0.25, 0.3) is 0 Å². The Balaban J connectivity index is 2.37. The van der Waals surface area contributed by atoms with Crippen LogP contribution in [0.4, 0.5) is 0 Å². The van der Waals surface area contributed by atoms with Gasteiger partial charge in [0.15, 0.2) is 0 Å². The molecule has 2 rings (SSSR count). The molecular weight excluding hydrogens is 226 g/mol. The number of hydrogen-bond acceptors (Lipinski definition) is 3. The van der Waals surface area contributed by atoms with Gasteiger partial charge in [0, 0.05) is 11.6 Å². The van der Waals surface area contributed by atoms with Crippen molar-refractivity contribution in [2.75, 3.05) is 13.7 Å². The van der Waals surface area contributed by atoms with Crippen LogP contribution < -0.4 is 10.1 Å². The first kappa shape index (κ1) is 11.6. The molecule has 2 N–H and O–H groups in total. The van der Waals surface area contributed by atoms with Crippen molar-refractivity contribution in [3.63, 3.8) is 0 Å². The number of methoxy groups -OCH3 is 1. The maximum atomic E-state index is 9.88. The molecule has 88 valence electrons. The second-order valence-corrected chi connectivity index (χ2v) is 4.40. The number of nitrogens with one attached hydrogen (secondary N) is 1. The van der Waals surface area contributed by atoms with E-state index in [1.54, 1.807) is 19.2 Å². The summed E-state index contributed by atoms with van der Waals surface area (Å²) in [5, 5.41) is 13.8. The van der Waals surface area contributed by atoms with E-state index >= 15 is 0 Å². The minimum absolute atomic E-state index is 0.136. The molecule has 4 heteroatoms. The average Bonchev–Trinajstić information content (AvgIpc) is 2.31. The fourth-order valence-electron chi connectivity index (χ4n) is 2.15. The number of rotatable bonds is 2. The van der Waals surface area contributed by atoms with E-state index in [0.29, 0.717) is 10.8 Å². The second kappa shape index (κ2) is 4.93. The predicted molar refractivity (Wildman–Crippen MR) is 64.3 cm³/mol. The number of piperidine rings is 1. The summed E-state index contributed by atoms with van der Waals surface area (Å²) in [6, 6.07) is 3.46. The summed E-state index contributed by atoms with van der Waals surface area (Å²) >= 11 is 6.22. The summed E-state index contributed by atoms with van der Waals surface area (Å²) < 4.78 is 5.16. The highest BCUT2D eigenvalue weighted by atomic mass is 35.5. The lowest BCUT2D eigenvalue weighted by Gasteiger charge is -2.25. The van der Waals surface area contributed by atoms with Gasteiger partial charge in [-0.1, -0.05) is 18.0 Å². The van der Waals surface area contributed by atoms with Crippen molar-refractivity contribution in [1.82, 2.24) is 5.32 Å². The first-order valence-electron chi connectivity index (χ1n) is 5.52. The van der Waals surface area contributed by atoms with Gasteiger partial charge in [-0.25, -0.2) is 0 Å². The third kappa shape index (κ3) is 2.11. The molecule has 16 heavy (non-hydrogen) atoms. The first-order chi connectivity index (χ1) is 7.74. The molecule has 0 amide bonds. The molecule has 1 aromatic carbocycles. The van der Waals surface area contributed by atoms with E-state index in [2.05, 4.69) is 5.32 Å². The minimum atomic E-state index is 0.136. The molecule has 0 aromatic heterocycles. The van der Waals surface area contributed by atoms with Crippen LogP contribution in [-0.4, -0.2) is 18.8 Å². The number of halogens is 1. The Labute approximate surface area is 100 Å². The Morgan fingerprint density at radius 3 is 2.88 bits per heavy atom. The van der Waals surface area contributed by atoms with E-state index in [0.717, 1.165) is 24.9 Å². The maximum Gasteiger partial charge on any atom is 0.138 e. The molecule has 0 bridgehead atoms. The highest BCUT2D eigenvalue weighted by molar-refractivity contribution is 6.33. The Kier molecular flexibility index (Phi) is 3.56. The van der Waals surface area contributed by atoms with Gasteiger partial charge >= 0.3 is 0 Å². The molecule has 1 heterocycles. The molecular formula is C12H16ClNO2. The van der Waals surface area contributed by atoms with Crippen LogP contribution >= 0.6 is 11.6 Å². The van der Waals surface area contributed by atoms with Crippen LogP contribution in [0, 0.1) is 0 Å². The highest BCUT2D eigenvalue weighted by Crippen LogP contribution is 2.40. The number of aromatic hydroxyl groups is 1. The summed E-state index contributed by atoms with van der Waals surface area (Å²) in [7, 11) is 1.58. The zero-order valence-corrected chi connectivity index (χ0v) is 10.0. The van der Waals surface area contributed by atoms with Crippen LogP contribution in [0.2, 0.25) is 5.02 Å². The smallest absolute Gasteiger partial charge is 0.138 e. The molecule has 0 spiro atoms. The van der Waals surface area contributed by atoms with Gasteiger partial charge in [0.2, 0.25) is 0 Å². The van der Waals surface area contributed by atoms with Gasteiger partial charge in [-0.05, 0) is 31.5 Å². The first-order valence-corrected chi connectivity index (χ1v) is 5.90. The van der Waals surface area contributed by atoms with Crippen LogP contribution in [0.1, 0.15) is 30.9 Å².